The van der Waals surface area contributed by atoms with Crippen LogP contribution >= 0.6 is 0 Å². The van der Waals surface area contributed by atoms with Gasteiger partial charge in [-0.2, -0.15) is 0 Å². The highest BCUT2D eigenvalue weighted by atomic mass is 32.2. The smallest absolute Gasteiger partial charge is 0.220 e. The summed E-state index contributed by atoms with van der Waals surface area (Å²) in [7, 11) is -1.51. The molecule has 1 N–H and O–H groups in total. The molecule has 2 heterocycles. The van der Waals surface area contributed by atoms with Crippen molar-refractivity contribution in [1.82, 2.24) is 9.62 Å². The number of amides is 1. The van der Waals surface area contributed by atoms with Crippen LogP contribution in [0.5, 0.6) is 5.75 Å². The summed E-state index contributed by atoms with van der Waals surface area (Å²) in [6.07, 6.45) is 2.49. The van der Waals surface area contributed by atoms with Gasteiger partial charge in [0.2, 0.25) is 15.9 Å². The number of hydrogen-bond donors (Lipinski definition) is 1. The summed E-state index contributed by atoms with van der Waals surface area (Å²) in [6, 6.07) is 7.87. The number of nitrogens with one attached hydrogen (secondary N) is 1. The van der Waals surface area contributed by atoms with Gasteiger partial charge in [-0.1, -0.05) is 18.2 Å². The molecule has 2 aliphatic heterocycles. The van der Waals surface area contributed by atoms with Crippen molar-refractivity contribution in [2.75, 3.05) is 25.9 Å². The highest BCUT2D eigenvalue weighted by Crippen LogP contribution is 2.46. The minimum Gasteiger partial charge on any atom is -0.487 e. The van der Waals surface area contributed by atoms with Gasteiger partial charge in [-0.3, -0.25) is 4.79 Å². The molecule has 7 heteroatoms. The van der Waals surface area contributed by atoms with Crippen LogP contribution in [0.4, 0.5) is 0 Å². The van der Waals surface area contributed by atoms with Gasteiger partial charge in [0.15, 0.2) is 0 Å². The molecule has 0 saturated carbocycles. The van der Waals surface area contributed by atoms with E-state index < -0.39 is 10.0 Å². The molecule has 1 fully saturated rings. The van der Waals surface area contributed by atoms with Gasteiger partial charge in [-0.15, -0.1) is 0 Å². The summed E-state index contributed by atoms with van der Waals surface area (Å²) >= 11 is 0. The monoisotopic (exact) mass is 366 g/mol. The largest absolute Gasteiger partial charge is 0.487 e. The minimum atomic E-state index is -3.16. The lowest BCUT2D eigenvalue weighted by Crippen LogP contribution is -2.52. The average molecular weight is 366 g/mol. The number of nitrogens with zero attached hydrogens (tertiary/aromatic N) is 1. The van der Waals surface area contributed by atoms with E-state index in [2.05, 4.69) is 5.32 Å². The zero-order chi connectivity index (χ0) is 18.1. The van der Waals surface area contributed by atoms with Crippen LogP contribution in [0.15, 0.2) is 24.3 Å². The summed E-state index contributed by atoms with van der Waals surface area (Å²) in [5, 5.41) is 2.70. The molecule has 1 saturated heterocycles. The molecule has 3 rings (SSSR count). The molecule has 2 aliphatic rings. The Morgan fingerprint density at radius 1 is 1.32 bits per heavy atom. The van der Waals surface area contributed by atoms with Crippen molar-refractivity contribution in [3.63, 3.8) is 0 Å². The number of benzene rings is 1. The van der Waals surface area contributed by atoms with Gasteiger partial charge in [0.05, 0.1) is 5.75 Å². The van der Waals surface area contributed by atoms with Gasteiger partial charge in [0.1, 0.15) is 11.4 Å². The van der Waals surface area contributed by atoms with E-state index in [0.29, 0.717) is 32.4 Å². The van der Waals surface area contributed by atoms with Crippen LogP contribution in [0.3, 0.4) is 0 Å². The molecule has 1 aromatic carbocycles. The second-order valence-electron chi connectivity index (χ2n) is 6.90. The van der Waals surface area contributed by atoms with Crippen molar-refractivity contribution in [2.24, 2.45) is 0 Å². The van der Waals surface area contributed by atoms with Gasteiger partial charge < -0.3 is 10.1 Å². The second kappa shape index (κ2) is 6.96. The lowest BCUT2D eigenvalue weighted by molar-refractivity contribution is -0.121. The van der Waals surface area contributed by atoms with Crippen LogP contribution in [-0.4, -0.2) is 50.1 Å². The number of ether oxygens (including phenoxy) is 1. The fourth-order valence-corrected chi connectivity index (χ4v) is 5.02. The van der Waals surface area contributed by atoms with Gasteiger partial charge in [-0.05, 0) is 25.0 Å². The third-order valence-electron chi connectivity index (χ3n) is 5.41. The molecule has 138 valence electrons. The van der Waals surface area contributed by atoms with Crippen LogP contribution in [0.1, 0.15) is 44.1 Å². The Morgan fingerprint density at radius 3 is 2.64 bits per heavy atom. The quantitative estimate of drug-likeness (QED) is 0.883. The first-order chi connectivity index (χ1) is 11.9. The maximum atomic E-state index is 12.1. The Kier molecular flexibility index (Phi) is 5.06. The second-order valence-corrected chi connectivity index (χ2v) is 9.16. The fraction of sp³-hybridized carbons (Fsp3) is 0.611. The van der Waals surface area contributed by atoms with Crippen molar-refractivity contribution in [3.05, 3.63) is 29.8 Å². The Balaban J connectivity index is 1.81. The molecule has 25 heavy (non-hydrogen) atoms. The van der Waals surface area contributed by atoms with Crippen LogP contribution in [0.25, 0.3) is 0 Å². The molecule has 1 atom stereocenters. The number of hydrogen-bond acceptors (Lipinski definition) is 4. The first kappa shape index (κ1) is 18.2. The molecule has 1 unspecified atom stereocenters. The number of fused-ring (bicyclic) bond motifs is 1. The lowest BCUT2D eigenvalue weighted by Gasteiger charge is -2.46. The standard InChI is InChI=1S/C18H26N2O4S/c1-3-25(22,23)20-10-8-18(9-11-20)13-14(12-17(21)19-2)15-6-4-5-7-16(15)24-18/h4-7,14H,3,8-13H2,1-2H3,(H,19,21). The summed E-state index contributed by atoms with van der Waals surface area (Å²) < 4.78 is 32.1. The molecule has 6 nitrogen and oxygen atoms in total. The summed E-state index contributed by atoms with van der Waals surface area (Å²) in [5.74, 6) is 1.07. The van der Waals surface area contributed by atoms with E-state index in [1.165, 1.54) is 0 Å². The fourth-order valence-electron chi connectivity index (χ4n) is 3.91. The topological polar surface area (TPSA) is 75.7 Å². The molecule has 0 aromatic heterocycles. The van der Waals surface area contributed by atoms with E-state index in [0.717, 1.165) is 17.7 Å². The summed E-state index contributed by atoms with van der Waals surface area (Å²) in [5.41, 5.74) is 0.688. The van der Waals surface area contributed by atoms with Crippen molar-refractivity contribution >= 4 is 15.9 Å². The zero-order valence-corrected chi connectivity index (χ0v) is 15.6. The predicted molar refractivity (Wildman–Crippen MR) is 96.1 cm³/mol. The minimum absolute atomic E-state index is 0.0165. The highest BCUT2D eigenvalue weighted by molar-refractivity contribution is 7.89. The van der Waals surface area contributed by atoms with Gasteiger partial charge in [-0.25, -0.2) is 12.7 Å². The maximum absolute atomic E-state index is 12.1. The number of sulfonamides is 1. The molecule has 0 bridgehead atoms. The molecule has 1 spiro atoms. The third-order valence-corrected chi connectivity index (χ3v) is 7.29. The van der Waals surface area contributed by atoms with Gasteiger partial charge in [0, 0.05) is 45.3 Å². The van der Waals surface area contributed by atoms with Crippen molar-refractivity contribution in [3.8, 4) is 5.75 Å². The van der Waals surface area contributed by atoms with E-state index in [4.69, 9.17) is 4.74 Å². The number of rotatable bonds is 4. The summed E-state index contributed by atoms with van der Waals surface area (Å²) in [6.45, 7) is 2.63. The van der Waals surface area contributed by atoms with Crippen molar-refractivity contribution in [2.45, 2.75) is 44.1 Å². The number of piperidine rings is 1. The first-order valence-electron chi connectivity index (χ1n) is 8.85. The van der Waals surface area contributed by atoms with E-state index in [1.807, 2.05) is 24.3 Å². The Hall–Kier alpha value is -1.60. The highest BCUT2D eigenvalue weighted by Gasteiger charge is 2.45. The van der Waals surface area contributed by atoms with Crippen molar-refractivity contribution in [1.29, 1.82) is 0 Å². The van der Waals surface area contributed by atoms with E-state index in [-0.39, 0.29) is 23.2 Å². The first-order valence-corrected chi connectivity index (χ1v) is 10.5. The van der Waals surface area contributed by atoms with Crippen LogP contribution < -0.4 is 10.1 Å². The molecule has 0 aliphatic carbocycles. The van der Waals surface area contributed by atoms with Gasteiger partial charge in [0.25, 0.3) is 0 Å². The van der Waals surface area contributed by atoms with Crippen molar-refractivity contribution < 1.29 is 17.9 Å². The molecular formula is C18H26N2O4S. The van der Waals surface area contributed by atoms with Crippen LogP contribution in [-0.2, 0) is 14.8 Å². The third kappa shape index (κ3) is 3.67. The average Bonchev–Trinajstić information content (AvgIpc) is 2.62. The van der Waals surface area contributed by atoms with E-state index in [9.17, 15) is 13.2 Å². The SMILES string of the molecule is CCS(=O)(=O)N1CCC2(CC1)CC(CC(=O)NC)c1ccccc1O2. The van der Waals surface area contributed by atoms with Crippen LogP contribution in [0.2, 0.25) is 0 Å². The van der Waals surface area contributed by atoms with E-state index >= 15 is 0 Å². The van der Waals surface area contributed by atoms with Crippen LogP contribution in [0, 0.1) is 0 Å². The lowest BCUT2D eigenvalue weighted by atomic mass is 9.76. The Labute approximate surface area is 149 Å². The summed E-state index contributed by atoms with van der Waals surface area (Å²) in [4.78, 5) is 11.9. The maximum Gasteiger partial charge on any atom is 0.220 e. The predicted octanol–water partition coefficient (Wildman–Crippen LogP) is 1.87. The molecule has 1 amide bonds. The number of para-hydroxylation sites is 1. The van der Waals surface area contributed by atoms with E-state index in [1.54, 1.807) is 18.3 Å². The Bertz CT molecular complexity index is 739. The molecular weight excluding hydrogens is 340 g/mol. The number of carbonyl (C=O) groups excluding carboxylic acids is 1. The normalized spacial score (nSPS) is 22.9. The number of carbonyl (C=O) groups is 1. The Morgan fingerprint density at radius 2 is 2.00 bits per heavy atom. The van der Waals surface area contributed by atoms with Gasteiger partial charge >= 0.3 is 0 Å². The molecule has 0 radical (unpaired) electrons. The zero-order valence-electron chi connectivity index (χ0n) is 14.8. The molecule has 1 aromatic rings.